The minimum atomic E-state index is 0.427. The number of rotatable bonds is 6. The molecule has 29 heavy (non-hydrogen) atoms. The molecular weight excluding hydrogens is 362 g/mol. The molecule has 7 nitrogen and oxygen atoms in total. The first-order valence-electron chi connectivity index (χ1n) is 9.24. The van der Waals surface area contributed by atoms with Crippen molar-refractivity contribution in [3.8, 4) is 0 Å². The van der Waals surface area contributed by atoms with Gasteiger partial charge >= 0.3 is 0 Å². The van der Waals surface area contributed by atoms with E-state index < -0.39 is 0 Å². The van der Waals surface area contributed by atoms with E-state index in [0.717, 1.165) is 28.2 Å². The summed E-state index contributed by atoms with van der Waals surface area (Å²) in [4.78, 5) is 17.6. The first-order valence-corrected chi connectivity index (χ1v) is 9.24. The Bertz CT molecular complexity index is 1050. The summed E-state index contributed by atoms with van der Waals surface area (Å²) in [6, 6.07) is 19.8. The van der Waals surface area contributed by atoms with Crippen LogP contribution in [-0.4, -0.2) is 19.9 Å². The van der Waals surface area contributed by atoms with Gasteiger partial charge in [-0.1, -0.05) is 24.3 Å². The fraction of sp³-hybridized carbons (Fsp3) is 0.0909. The Kier molecular flexibility index (Phi) is 5.29. The third-order valence-corrected chi connectivity index (χ3v) is 4.12. The highest BCUT2D eigenvalue weighted by Gasteiger charge is 2.08. The maximum atomic E-state index is 4.53. The lowest BCUT2D eigenvalue weighted by molar-refractivity contribution is 1.06. The van der Waals surface area contributed by atoms with Crippen molar-refractivity contribution in [2.24, 2.45) is 0 Å². The molecule has 7 heteroatoms. The molecule has 144 valence electrons. The molecule has 0 fully saturated rings. The van der Waals surface area contributed by atoms with E-state index in [0.29, 0.717) is 17.8 Å². The van der Waals surface area contributed by atoms with Crippen LogP contribution in [0.25, 0.3) is 0 Å². The fourth-order valence-corrected chi connectivity index (χ4v) is 2.81. The van der Waals surface area contributed by atoms with E-state index in [1.807, 2.05) is 74.5 Å². The molecule has 0 amide bonds. The smallest absolute Gasteiger partial charge is 0.233 e. The fourth-order valence-electron chi connectivity index (χ4n) is 2.81. The van der Waals surface area contributed by atoms with Crippen LogP contribution in [0.4, 0.5) is 34.9 Å². The summed E-state index contributed by atoms with van der Waals surface area (Å²) in [5.41, 5.74) is 4.96. The Morgan fingerprint density at radius 2 is 1.00 bits per heavy atom. The first-order chi connectivity index (χ1) is 14.1. The van der Waals surface area contributed by atoms with Crippen molar-refractivity contribution in [1.29, 1.82) is 0 Å². The van der Waals surface area contributed by atoms with Crippen molar-refractivity contribution in [2.75, 3.05) is 16.0 Å². The summed E-state index contributed by atoms with van der Waals surface area (Å²) in [5, 5.41) is 9.70. The van der Waals surface area contributed by atoms with Gasteiger partial charge in [-0.3, -0.25) is 4.98 Å². The van der Waals surface area contributed by atoms with Crippen molar-refractivity contribution in [1.82, 2.24) is 19.9 Å². The molecule has 0 spiro atoms. The van der Waals surface area contributed by atoms with Gasteiger partial charge in [0.1, 0.15) is 0 Å². The molecule has 0 bridgehead atoms. The molecule has 0 saturated heterocycles. The van der Waals surface area contributed by atoms with Crippen LogP contribution in [0.5, 0.6) is 0 Å². The minimum absolute atomic E-state index is 0.427. The Morgan fingerprint density at radius 3 is 1.45 bits per heavy atom. The number of hydrogen-bond donors (Lipinski definition) is 3. The Morgan fingerprint density at radius 1 is 0.552 bits per heavy atom. The lowest BCUT2D eigenvalue weighted by Crippen LogP contribution is -2.07. The van der Waals surface area contributed by atoms with Gasteiger partial charge in [-0.25, -0.2) is 0 Å². The predicted molar refractivity (Wildman–Crippen MR) is 116 cm³/mol. The maximum Gasteiger partial charge on any atom is 0.233 e. The van der Waals surface area contributed by atoms with Crippen LogP contribution in [0, 0.1) is 13.8 Å². The van der Waals surface area contributed by atoms with Crippen LogP contribution < -0.4 is 16.0 Å². The Hall–Kier alpha value is -4.00. The van der Waals surface area contributed by atoms with Crippen LogP contribution in [0.2, 0.25) is 0 Å². The van der Waals surface area contributed by atoms with Crippen LogP contribution >= 0.6 is 0 Å². The van der Waals surface area contributed by atoms with E-state index in [2.05, 4.69) is 35.9 Å². The standard InChI is InChI=1S/C22H21N7/c1-15-5-3-7-18(13-15)25-21-27-20(24-17-9-11-23-12-10-17)28-22(29-21)26-19-8-4-6-16(2)14-19/h3-14H,1-2H3,(H3,23,24,25,26,27,28,29). The molecule has 0 atom stereocenters. The lowest BCUT2D eigenvalue weighted by atomic mass is 10.2. The number of nitrogens with zero attached hydrogens (tertiary/aromatic N) is 4. The Labute approximate surface area is 169 Å². The molecule has 2 heterocycles. The Balaban J connectivity index is 1.66. The number of hydrogen-bond acceptors (Lipinski definition) is 7. The first kappa shape index (κ1) is 18.4. The van der Waals surface area contributed by atoms with E-state index in [-0.39, 0.29) is 0 Å². The zero-order valence-electron chi connectivity index (χ0n) is 16.2. The van der Waals surface area contributed by atoms with Gasteiger partial charge in [0, 0.05) is 29.5 Å². The second kappa shape index (κ2) is 8.35. The summed E-state index contributed by atoms with van der Waals surface area (Å²) in [7, 11) is 0. The summed E-state index contributed by atoms with van der Waals surface area (Å²) in [5.74, 6) is 1.31. The van der Waals surface area contributed by atoms with Crippen molar-refractivity contribution in [3.05, 3.63) is 84.2 Å². The van der Waals surface area contributed by atoms with Gasteiger partial charge in [-0.05, 0) is 61.4 Å². The predicted octanol–water partition coefficient (Wildman–Crippen LogP) is 5.11. The normalized spacial score (nSPS) is 10.4. The molecule has 0 aliphatic carbocycles. The molecule has 2 aromatic carbocycles. The zero-order valence-corrected chi connectivity index (χ0v) is 16.2. The molecule has 4 rings (SSSR count). The monoisotopic (exact) mass is 383 g/mol. The van der Waals surface area contributed by atoms with Crippen molar-refractivity contribution in [2.45, 2.75) is 13.8 Å². The highest BCUT2D eigenvalue weighted by molar-refractivity contribution is 5.62. The number of pyridine rings is 1. The van der Waals surface area contributed by atoms with Crippen LogP contribution in [-0.2, 0) is 0 Å². The van der Waals surface area contributed by atoms with Crippen molar-refractivity contribution < 1.29 is 0 Å². The second-order valence-electron chi connectivity index (χ2n) is 6.66. The van der Waals surface area contributed by atoms with Crippen LogP contribution in [0.3, 0.4) is 0 Å². The van der Waals surface area contributed by atoms with E-state index >= 15 is 0 Å². The summed E-state index contributed by atoms with van der Waals surface area (Å²) in [6.07, 6.45) is 3.42. The largest absolute Gasteiger partial charge is 0.324 e. The average Bonchev–Trinajstić information content (AvgIpc) is 2.69. The molecule has 2 aromatic heterocycles. The van der Waals surface area contributed by atoms with Crippen molar-refractivity contribution >= 4 is 34.9 Å². The zero-order chi connectivity index (χ0) is 20.1. The van der Waals surface area contributed by atoms with Crippen LogP contribution in [0.15, 0.2) is 73.1 Å². The van der Waals surface area contributed by atoms with Gasteiger partial charge in [0.05, 0.1) is 0 Å². The van der Waals surface area contributed by atoms with Gasteiger partial charge in [-0.2, -0.15) is 15.0 Å². The second-order valence-corrected chi connectivity index (χ2v) is 6.66. The summed E-state index contributed by atoms with van der Waals surface area (Å²) < 4.78 is 0. The highest BCUT2D eigenvalue weighted by Crippen LogP contribution is 2.21. The molecular formula is C22H21N7. The molecule has 0 unspecified atom stereocenters. The third-order valence-electron chi connectivity index (χ3n) is 4.12. The summed E-state index contributed by atoms with van der Waals surface area (Å²) in [6.45, 7) is 4.08. The molecule has 0 radical (unpaired) electrons. The van der Waals surface area contributed by atoms with E-state index in [1.54, 1.807) is 12.4 Å². The van der Waals surface area contributed by atoms with E-state index in [9.17, 15) is 0 Å². The number of anilines is 6. The van der Waals surface area contributed by atoms with E-state index in [1.165, 1.54) is 0 Å². The number of benzene rings is 2. The quantitative estimate of drug-likeness (QED) is 0.426. The van der Waals surface area contributed by atoms with Gasteiger partial charge in [0.25, 0.3) is 0 Å². The SMILES string of the molecule is Cc1cccc(Nc2nc(Nc3ccncc3)nc(Nc3cccc(C)c3)n2)c1. The number of aromatic nitrogens is 4. The molecule has 0 saturated carbocycles. The molecule has 3 N–H and O–H groups in total. The van der Waals surface area contributed by atoms with Gasteiger partial charge in [0.15, 0.2) is 0 Å². The average molecular weight is 383 g/mol. The molecule has 0 aliphatic rings. The van der Waals surface area contributed by atoms with Gasteiger partial charge < -0.3 is 16.0 Å². The lowest BCUT2D eigenvalue weighted by Gasteiger charge is -2.12. The summed E-state index contributed by atoms with van der Waals surface area (Å²) >= 11 is 0. The number of aryl methyl sites for hydroxylation is 2. The molecule has 4 aromatic rings. The topological polar surface area (TPSA) is 87.7 Å². The minimum Gasteiger partial charge on any atom is -0.324 e. The van der Waals surface area contributed by atoms with Gasteiger partial charge in [-0.15, -0.1) is 0 Å². The van der Waals surface area contributed by atoms with Gasteiger partial charge in [0.2, 0.25) is 17.8 Å². The highest BCUT2D eigenvalue weighted by atomic mass is 15.3. The van der Waals surface area contributed by atoms with Crippen LogP contribution in [0.1, 0.15) is 11.1 Å². The van der Waals surface area contributed by atoms with E-state index in [4.69, 9.17) is 0 Å². The maximum absolute atomic E-state index is 4.53. The third kappa shape index (κ3) is 5.04. The van der Waals surface area contributed by atoms with Crippen molar-refractivity contribution in [3.63, 3.8) is 0 Å². The molecule has 0 aliphatic heterocycles. The number of nitrogens with one attached hydrogen (secondary N) is 3.